The van der Waals surface area contributed by atoms with Gasteiger partial charge in [0.15, 0.2) is 5.13 Å². The molecule has 0 aliphatic heterocycles. The number of nitrogens with zero attached hydrogens (tertiary/aromatic N) is 1. The van der Waals surface area contributed by atoms with Crippen LogP contribution >= 0.6 is 34.5 Å². The van der Waals surface area contributed by atoms with Gasteiger partial charge in [0.25, 0.3) is 10.0 Å². The second-order valence-corrected chi connectivity index (χ2v) is 8.88. The minimum absolute atomic E-state index is 0.0146. The fourth-order valence-electron chi connectivity index (χ4n) is 2.29. The minimum Gasteiger partial charge on any atom is -0.365 e. The molecule has 0 spiro atoms. The monoisotopic (exact) mass is 464 g/mol. The van der Waals surface area contributed by atoms with Crippen LogP contribution < -0.4 is 15.8 Å². The van der Waals surface area contributed by atoms with E-state index in [1.807, 2.05) is 0 Å². The van der Waals surface area contributed by atoms with Crippen molar-refractivity contribution in [1.82, 2.24) is 4.98 Å². The van der Waals surface area contributed by atoms with E-state index in [9.17, 15) is 17.2 Å². The van der Waals surface area contributed by atoms with E-state index < -0.39 is 32.7 Å². The maximum absolute atomic E-state index is 14.5. The van der Waals surface area contributed by atoms with Crippen molar-refractivity contribution in [3.05, 3.63) is 69.2 Å². The lowest BCUT2D eigenvalue weighted by Crippen LogP contribution is -2.22. The molecule has 0 bridgehead atoms. The maximum Gasteiger partial charge on any atom is 0.266 e. The molecule has 3 aromatic rings. The zero-order chi connectivity index (χ0) is 20.5. The van der Waals surface area contributed by atoms with E-state index in [1.165, 1.54) is 18.3 Å². The molecule has 1 heterocycles. The van der Waals surface area contributed by atoms with Crippen molar-refractivity contribution in [2.24, 2.45) is 5.73 Å². The van der Waals surface area contributed by atoms with Crippen LogP contribution in [0.3, 0.4) is 0 Å². The number of aromatic nitrogens is 1. The van der Waals surface area contributed by atoms with Gasteiger partial charge in [0.2, 0.25) is 0 Å². The average molecular weight is 465 g/mol. The first-order valence-corrected chi connectivity index (χ1v) is 10.7. The van der Waals surface area contributed by atoms with Crippen LogP contribution in [0, 0.1) is 11.6 Å². The number of nitrogens with two attached hydrogens (primary N) is 1. The van der Waals surface area contributed by atoms with Gasteiger partial charge in [0.05, 0.1) is 10.7 Å². The zero-order valence-electron chi connectivity index (χ0n) is 13.8. The van der Waals surface area contributed by atoms with Crippen LogP contribution in [0.2, 0.25) is 10.0 Å². The Hall–Kier alpha value is -1.98. The summed E-state index contributed by atoms with van der Waals surface area (Å²) in [7, 11) is -4.24. The minimum atomic E-state index is -4.24. The molecule has 3 rings (SSSR count). The van der Waals surface area contributed by atoms with Gasteiger partial charge in [-0.25, -0.2) is 22.2 Å². The highest BCUT2D eigenvalue weighted by Crippen LogP contribution is 2.31. The van der Waals surface area contributed by atoms with Gasteiger partial charge in [-0.3, -0.25) is 4.72 Å². The Morgan fingerprint density at radius 2 is 1.89 bits per heavy atom. The molecule has 2 aromatic carbocycles. The van der Waals surface area contributed by atoms with Crippen molar-refractivity contribution in [3.8, 4) is 0 Å². The number of hydrogen-bond donors (Lipinski definition) is 3. The van der Waals surface area contributed by atoms with Gasteiger partial charge in [0.1, 0.15) is 22.7 Å². The summed E-state index contributed by atoms with van der Waals surface area (Å²) in [6, 6.07) is 5.60. The topological polar surface area (TPSA) is 97.1 Å². The maximum atomic E-state index is 14.5. The molecule has 0 radical (unpaired) electrons. The Labute approximate surface area is 173 Å². The van der Waals surface area contributed by atoms with Gasteiger partial charge in [-0.2, -0.15) is 0 Å². The fraction of sp³-hybridized carbons (Fsp3) is 0.0625. The lowest BCUT2D eigenvalue weighted by atomic mass is 10.1. The highest BCUT2D eigenvalue weighted by atomic mass is 35.5. The van der Waals surface area contributed by atoms with Crippen molar-refractivity contribution in [2.45, 2.75) is 11.1 Å². The molecule has 148 valence electrons. The molecule has 0 saturated carbocycles. The number of hydrogen-bond acceptors (Lipinski definition) is 6. The number of rotatable bonds is 6. The number of halogens is 4. The van der Waals surface area contributed by atoms with Gasteiger partial charge in [-0.15, -0.1) is 11.3 Å². The van der Waals surface area contributed by atoms with Gasteiger partial charge in [0, 0.05) is 22.2 Å². The van der Waals surface area contributed by atoms with E-state index in [4.69, 9.17) is 28.9 Å². The van der Waals surface area contributed by atoms with Crippen molar-refractivity contribution < 1.29 is 17.2 Å². The van der Waals surface area contributed by atoms with Crippen LogP contribution in [0.1, 0.15) is 11.7 Å². The standard InChI is InChI=1S/C16H12Cl2F2N4O2S2/c17-8-1-2-11(19)9(5-8)15(21)23-13-7-12(20)14(6-10(13)18)28(25,26)24-16-22-3-4-27-16/h1-7,15,23H,21H2,(H,22,24)/t15-/m1/s1. The van der Waals surface area contributed by atoms with E-state index >= 15 is 0 Å². The molecule has 0 aliphatic carbocycles. The third kappa shape index (κ3) is 4.53. The zero-order valence-corrected chi connectivity index (χ0v) is 16.9. The van der Waals surface area contributed by atoms with E-state index in [1.54, 1.807) is 5.38 Å². The van der Waals surface area contributed by atoms with Gasteiger partial charge in [-0.05, 0) is 30.3 Å². The van der Waals surface area contributed by atoms with Crippen LogP contribution in [-0.4, -0.2) is 13.4 Å². The molecule has 0 aliphatic rings. The number of anilines is 2. The first kappa shape index (κ1) is 20.7. The molecule has 0 fully saturated rings. The van der Waals surface area contributed by atoms with Crippen LogP contribution in [0.4, 0.5) is 19.6 Å². The summed E-state index contributed by atoms with van der Waals surface area (Å²) in [6.07, 6.45) is 0.293. The third-order valence-corrected chi connectivity index (χ3v) is 6.29. The Morgan fingerprint density at radius 3 is 2.57 bits per heavy atom. The van der Waals surface area contributed by atoms with Crippen LogP contribution in [0.15, 0.2) is 46.8 Å². The summed E-state index contributed by atoms with van der Waals surface area (Å²) in [5.41, 5.74) is 5.92. The lowest BCUT2D eigenvalue weighted by Gasteiger charge is -2.18. The Bertz CT molecular complexity index is 1110. The van der Waals surface area contributed by atoms with Crippen molar-refractivity contribution in [2.75, 3.05) is 10.0 Å². The third-order valence-electron chi connectivity index (χ3n) is 3.57. The largest absolute Gasteiger partial charge is 0.365 e. The Morgan fingerprint density at radius 1 is 1.14 bits per heavy atom. The molecule has 28 heavy (non-hydrogen) atoms. The molecule has 0 unspecified atom stereocenters. The quantitative estimate of drug-likeness (QED) is 0.463. The van der Waals surface area contributed by atoms with Gasteiger partial charge >= 0.3 is 0 Å². The summed E-state index contributed by atoms with van der Waals surface area (Å²) < 4.78 is 55.3. The summed E-state index contributed by atoms with van der Waals surface area (Å²) in [6.45, 7) is 0. The second kappa shape index (κ2) is 8.18. The smallest absolute Gasteiger partial charge is 0.266 e. The molecular weight excluding hydrogens is 453 g/mol. The van der Waals surface area contributed by atoms with Crippen molar-refractivity contribution in [1.29, 1.82) is 0 Å². The number of thiazole rings is 1. The SMILES string of the molecule is N[C@H](Nc1cc(F)c(S(=O)(=O)Nc2nccs2)cc1Cl)c1cc(Cl)ccc1F. The summed E-state index contributed by atoms with van der Waals surface area (Å²) in [4.78, 5) is 3.12. The molecule has 1 aromatic heterocycles. The summed E-state index contributed by atoms with van der Waals surface area (Å²) in [5.74, 6) is -1.69. The van der Waals surface area contributed by atoms with E-state index in [-0.39, 0.29) is 26.4 Å². The molecular formula is C16H12Cl2F2N4O2S2. The van der Waals surface area contributed by atoms with Gasteiger partial charge < -0.3 is 11.1 Å². The van der Waals surface area contributed by atoms with Crippen LogP contribution in [0.5, 0.6) is 0 Å². The number of sulfonamides is 1. The highest BCUT2D eigenvalue weighted by Gasteiger charge is 2.23. The van der Waals surface area contributed by atoms with E-state index in [0.29, 0.717) is 0 Å². The predicted octanol–water partition coefficient (Wildman–Crippen LogP) is 4.60. The predicted molar refractivity (Wildman–Crippen MR) is 106 cm³/mol. The number of benzene rings is 2. The Kier molecular flexibility index (Phi) is 6.06. The molecule has 0 saturated heterocycles. The fourth-order valence-corrected chi connectivity index (χ4v) is 4.63. The summed E-state index contributed by atoms with van der Waals surface area (Å²) in [5, 5.41) is 4.42. The number of nitrogens with one attached hydrogen (secondary N) is 2. The summed E-state index contributed by atoms with van der Waals surface area (Å²) >= 11 is 13.0. The average Bonchev–Trinajstić information content (AvgIpc) is 3.11. The normalized spacial score (nSPS) is 12.6. The van der Waals surface area contributed by atoms with Gasteiger partial charge in [-0.1, -0.05) is 23.2 Å². The highest BCUT2D eigenvalue weighted by molar-refractivity contribution is 7.93. The first-order chi connectivity index (χ1) is 13.2. The lowest BCUT2D eigenvalue weighted by molar-refractivity contribution is 0.570. The molecule has 12 heteroatoms. The van der Waals surface area contributed by atoms with E-state index in [0.717, 1.165) is 29.5 Å². The molecule has 0 amide bonds. The molecule has 1 atom stereocenters. The van der Waals surface area contributed by atoms with Crippen LogP contribution in [-0.2, 0) is 10.0 Å². The van der Waals surface area contributed by atoms with Crippen molar-refractivity contribution in [3.63, 3.8) is 0 Å². The van der Waals surface area contributed by atoms with Crippen molar-refractivity contribution >= 4 is 55.4 Å². The Balaban J connectivity index is 1.88. The second-order valence-electron chi connectivity index (χ2n) is 5.49. The van der Waals surface area contributed by atoms with Crippen LogP contribution in [0.25, 0.3) is 0 Å². The first-order valence-electron chi connectivity index (χ1n) is 7.56. The molecule has 4 N–H and O–H groups in total. The van der Waals surface area contributed by atoms with E-state index in [2.05, 4.69) is 15.0 Å². The molecule has 6 nitrogen and oxygen atoms in total.